The number of hydrogen-bond donors (Lipinski definition) is 1. The Morgan fingerprint density at radius 2 is 1.85 bits per heavy atom. The zero-order chi connectivity index (χ0) is 27.6. The van der Waals surface area contributed by atoms with Crippen LogP contribution in [-0.4, -0.2) is 55.0 Å². The molecule has 1 saturated heterocycles. The minimum absolute atomic E-state index is 0.0194. The number of rotatable bonds is 8. The van der Waals surface area contributed by atoms with E-state index in [-0.39, 0.29) is 41.7 Å². The molecular formula is C31H35F3N2O3. The Morgan fingerprint density at radius 3 is 2.59 bits per heavy atom. The second-order valence-electron chi connectivity index (χ2n) is 11.0. The Morgan fingerprint density at radius 1 is 1.08 bits per heavy atom. The van der Waals surface area contributed by atoms with Gasteiger partial charge in [-0.15, -0.1) is 0 Å². The van der Waals surface area contributed by atoms with Crippen LogP contribution in [-0.2, 0) is 21.1 Å². The summed E-state index contributed by atoms with van der Waals surface area (Å²) in [6.45, 7) is 3.84. The Balaban J connectivity index is 1.14. The molecule has 0 unspecified atom stereocenters. The largest absolute Gasteiger partial charge is 0.416 e. The molecule has 3 aliphatic rings. The van der Waals surface area contributed by atoms with E-state index in [0.717, 1.165) is 50.9 Å². The van der Waals surface area contributed by atoms with Gasteiger partial charge in [0.1, 0.15) is 0 Å². The molecule has 0 radical (unpaired) electrons. The molecule has 0 bridgehead atoms. The maximum atomic E-state index is 13.0. The number of carbonyl (C=O) groups is 2. The average molecular weight is 541 g/mol. The van der Waals surface area contributed by atoms with Crippen molar-refractivity contribution in [3.63, 3.8) is 0 Å². The molecule has 1 saturated carbocycles. The van der Waals surface area contributed by atoms with E-state index >= 15 is 0 Å². The fraction of sp³-hybridized carbons (Fsp3) is 0.484. The Bertz CT molecular complexity index is 1230. The third kappa shape index (κ3) is 5.97. The molecule has 39 heavy (non-hydrogen) atoms. The molecule has 2 fully saturated rings. The van der Waals surface area contributed by atoms with E-state index in [2.05, 4.69) is 46.6 Å². The van der Waals surface area contributed by atoms with Gasteiger partial charge in [-0.2, -0.15) is 13.2 Å². The molecule has 5 nitrogen and oxygen atoms in total. The van der Waals surface area contributed by atoms with Crippen LogP contribution in [0.1, 0.15) is 66.1 Å². The maximum absolute atomic E-state index is 13.0. The number of benzene rings is 2. The lowest BCUT2D eigenvalue weighted by Gasteiger charge is -2.40. The van der Waals surface area contributed by atoms with Crippen molar-refractivity contribution in [2.45, 2.75) is 62.8 Å². The molecular weight excluding hydrogens is 505 g/mol. The van der Waals surface area contributed by atoms with Gasteiger partial charge in [0, 0.05) is 49.1 Å². The topological polar surface area (TPSA) is 58.6 Å². The summed E-state index contributed by atoms with van der Waals surface area (Å²) in [7, 11) is 0. The third-order valence-corrected chi connectivity index (χ3v) is 8.62. The van der Waals surface area contributed by atoms with E-state index in [4.69, 9.17) is 4.74 Å². The lowest BCUT2D eigenvalue weighted by molar-refractivity contribution is -0.137. The van der Waals surface area contributed by atoms with Crippen LogP contribution >= 0.6 is 0 Å². The number of halogens is 3. The first kappa shape index (κ1) is 27.6. The first-order chi connectivity index (χ1) is 18.7. The Hall–Kier alpha value is -2.97. The highest BCUT2D eigenvalue weighted by atomic mass is 19.4. The van der Waals surface area contributed by atoms with Crippen molar-refractivity contribution in [3.05, 3.63) is 76.9 Å². The van der Waals surface area contributed by atoms with E-state index in [1.807, 2.05) is 6.92 Å². The number of nitrogens with zero attached hydrogens (tertiary/aromatic N) is 1. The number of hydrogen-bond acceptors (Lipinski definition) is 4. The summed E-state index contributed by atoms with van der Waals surface area (Å²) >= 11 is 0. The molecule has 2 aliphatic carbocycles. The predicted octanol–water partition coefficient (Wildman–Crippen LogP) is 5.64. The third-order valence-electron chi connectivity index (χ3n) is 8.62. The van der Waals surface area contributed by atoms with Gasteiger partial charge in [0.05, 0.1) is 18.2 Å². The van der Waals surface area contributed by atoms with Crippen LogP contribution in [0.2, 0.25) is 0 Å². The number of Topliss-reactive ketones (excluding diaryl/α,β-unsaturated/α-hetero) is 1. The highest BCUT2D eigenvalue weighted by molar-refractivity contribution is 5.96. The van der Waals surface area contributed by atoms with Crippen molar-refractivity contribution in [1.82, 2.24) is 10.2 Å². The summed E-state index contributed by atoms with van der Waals surface area (Å²) in [4.78, 5) is 27.7. The molecule has 5 rings (SSSR count). The van der Waals surface area contributed by atoms with Crippen molar-refractivity contribution >= 4 is 17.8 Å². The van der Waals surface area contributed by atoms with Crippen molar-refractivity contribution in [1.29, 1.82) is 0 Å². The van der Waals surface area contributed by atoms with Crippen LogP contribution in [0, 0.1) is 5.92 Å². The monoisotopic (exact) mass is 540 g/mol. The van der Waals surface area contributed by atoms with Gasteiger partial charge in [0.15, 0.2) is 5.78 Å². The Labute approximate surface area is 227 Å². The summed E-state index contributed by atoms with van der Waals surface area (Å²) in [6, 6.07) is 13.3. The van der Waals surface area contributed by atoms with Gasteiger partial charge >= 0.3 is 6.18 Å². The molecule has 2 aromatic rings. The van der Waals surface area contributed by atoms with Crippen LogP contribution in [0.3, 0.4) is 0 Å². The predicted molar refractivity (Wildman–Crippen MR) is 143 cm³/mol. The molecule has 2 atom stereocenters. The van der Waals surface area contributed by atoms with E-state index < -0.39 is 17.6 Å². The van der Waals surface area contributed by atoms with Crippen molar-refractivity contribution in [2.24, 2.45) is 5.92 Å². The van der Waals surface area contributed by atoms with Gasteiger partial charge in [-0.25, -0.2) is 0 Å². The summed E-state index contributed by atoms with van der Waals surface area (Å²) in [5.74, 6) is -0.824. The number of likely N-dealkylation sites (tertiary alicyclic amines) is 1. The quantitative estimate of drug-likeness (QED) is 0.471. The highest BCUT2D eigenvalue weighted by Crippen LogP contribution is 2.47. The molecule has 1 heterocycles. The fourth-order valence-corrected chi connectivity index (χ4v) is 6.61. The molecule has 2 aromatic carbocycles. The maximum Gasteiger partial charge on any atom is 0.416 e. The number of ketones is 1. The average Bonchev–Trinajstić information content (AvgIpc) is 3.49. The van der Waals surface area contributed by atoms with E-state index in [9.17, 15) is 22.8 Å². The lowest BCUT2D eigenvalue weighted by atomic mass is 9.69. The van der Waals surface area contributed by atoms with Gasteiger partial charge < -0.3 is 10.1 Å². The van der Waals surface area contributed by atoms with Gasteiger partial charge in [0.25, 0.3) is 5.91 Å². The van der Waals surface area contributed by atoms with Crippen LogP contribution < -0.4 is 5.32 Å². The summed E-state index contributed by atoms with van der Waals surface area (Å²) in [5, 5.41) is 2.49. The first-order valence-electron chi connectivity index (χ1n) is 13.8. The molecule has 8 heteroatoms. The minimum atomic E-state index is -4.54. The number of amides is 1. The van der Waals surface area contributed by atoms with Crippen molar-refractivity contribution in [2.75, 3.05) is 26.2 Å². The minimum Gasteiger partial charge on any atom is -0.377 e. The lowest BCUT2D eigenvalue weighted by Crippen LogP contribution is -2.41. The number of nitrogens with one attached hydrogen (secondary N) is 1. The normalized spacial score (nSPS) is 26.6. The van der Waals surface area contributed by atoms with Gasteiger partial charge in [-0.1, -0.05) is 42.5 Å². The van der Waals surface area contributed by atoms with Crippen molar-refractivity contribution in [3.8, 4) is 0 Å². The number of allylic oxidation sites excluding steroid dienone is 1. The van der Waals surface area contributed by atoms with Crippen LogP contribution in [0.25, 0.3) is 6.08 Å². The molecule has 1 aliphatic heterocycles. The number of alkyl halides is 3. The van der Waals surface area contributed by atoms with Crippen molar-refractivity contribution < 1.29 is 27.5 Å². The van der Waals surface area contributed by atoms with E-state index in [0.29, 0.717) is 12.6 Å². The Kier molecular flexibility index (Phi) is 7.96. The smallest absolute Gasteiger partial charge is 0.377 e. The van der Waals surface area contributed by atoms with Gasteiger partial charge in [-0.3, -0.25) is 14.5 Å². The van der Waals surface area contributed by atoms with Crippen LogP contribution in [0.5, 0.6) is 0 Å². The summed E-state index contributed by atoms with van der Waals surface area (Å²) < 4.78 is 44.9. The standard InChI is InChI=1S/C31H35F3N2O3/c1-2-39-28-20-36(25-11-14-30(15-12-25)13-10-21-6-3-4-9-27(21)30)19-23(28)17-26(37)18-35-29(38)22-7-5-8-24(16-22)31(32,33)34/h3-10,13,16,23,25,28H,2,11-12,14-15,17-20H2,1H3,(H,35,38)/t23-,25?,28-,30?/m0/s1. The zero-order valence-corrected chi connectivity index (χ0v) is 22.2. The number of fused-ring (bicyclic) bond motifs is 2. The number of carbonyl (C=O) groups excluding carboxylic acids is 2. The highest BCUT2D eigenvalue weighted by Gasteiger charge is 2.43. The molecule has 0 aromatic heterocycles. The second kappa shape index (κ2) is 11.3. The SMILES string of the molecule is CCO[C@H]1CN(C2CCC3(C=Cc4ccccc43)CC2)C[C@@H]1CC(=O)CNC(=O)c1cccc(C(F)(F)F)c1. The van der Waals surface area contributed by atoms with E-state index in [1.165, 1.54) is 23.3 Å². The fourth-order valence-electron chi connectivity index (χ4n) is 6.61. The van der Waals surface area contributed by atoms with Crippen LogP contribution in [0.4, 0.5) is 13.2 Å². The van der Waals surface area contributed by atoms with Crippen LogP contribution in [0.15, 0.2) is 54.6 Å². The van der Waals surface area contributed by atoms with E-state index in [1.54, 1.807) is 0 Å². The molecule has 1 spiro atoms. The first-order valence-corrected chi connectivity index (χ1v) is 13.8. The summed E-state index contributed by atoms with van der Waals surface area (Å²) in [5.41, 5.74) is 1.89. The molecule has 1 N–H and O–H groups in total. The summed E-state index contributed by atoms with van der Waals surface area (Å²) in [6.07, 6.45) is 4.69. The number of ether oxygens (including phenoxy) is 1. The second-order valence-corrected chi connectivity index (χ2v) is 11.0. The zero-order valence-electron chi connectivity index (χ0n) is 22.2. The molecule has 208 valence electrons. The van der Waals surface area contributed by atoms with Gasteiger partial charge in [-0.05, 0) is 61.9 Å². The van der Waals surface area contributed by atoms with Gasteiger partial charge in [0.2, 0.25) is 0 Å². The molecule has 1 amide bonds.